The number of benzene rings is 1. The number of carbonyl (C=O) groups excluding carboxylic acids is 3. The van der Waals surface area contributed by atoms with Crippen molar-refractivity contribution in [2.75, 3.05) is 52.8 Å². The molecule has 142 valence electrons. The average Bonchev–Trinajstić information content (AvgIpc) is 2.87. The van der Waals surface area contributed by atoms with Gasteiger partial charge in [0.15, 0.2) is 0 Å². The van der Waals surface area contributed by atoms with E-state index in [-0.39, 0.29) is 37.5 Å². The molecule has 0 aliphatic carbocycles. The van der Waals surface area contributed by atoms with Crippen LogP contribution >= 0.6 is 0 Å². The number of hydrogen-bond donors (Lipinski definition) is 0. The molecule has 2 rings (SSSR count). The molecule has 0 atom stereocenters. The number of hydrogen-bond acceptors (Lipinski definition) is 7. The molecule has 0 unspecified atom stereocenters. The molecule has 0 saturated heterocycles. The van der Waals surface area contributed by atoms with Crippen LogP contribution in [0.15, 0.2) is 24.3 Å². The smallest absolute Gasteiger partial charge is 0.302 e. The highest BCUT2D eigenvalue weighted by atomic mass is 16.6. The fourth-order valence-electron chi connectivity index (χ4n) is 2.38. The molecule has 0 saturated carbocycles. The third kappa shape index (κ3) is 5.91. The van der Waals surface area contributed by atoms with Crippen molar-refractivity contribution < 1.29 is 33.3 Å². The molecule has 0 aromatic heterocycles. The minimum Gasteiger partial charge on any atom is -0.463 e. The van der Waals surface area contributed by atoms with Crippen LogP contribution in [0.5, 0.6) is 0 Å². The van der Waals surface area contributed by atoms with Crippen molar-refractivity contribution in [2.45, 2.75) is 6.92 Å². The van der Waals surface area contributed by atoms with Gasteiger partial charge in [0.25, 0.3) is 11.8 Å². The Morgan fingerprint density at radius 3 is 1.77 bits per heavy atom. The lowest BCUT2D eigenvalue weighted by atomic mass is 10.1. The maximum atomic E-state index is 12.1. The van der Waals surface area contributed by atoms with Gasteiger partial charge in [0.1, 0.15) is 6.61 Å². The fraction of sp³-hybridized carbons (Fsp3) is 0.500. The van der Waals surface area contributed by atoms with Crippen molar-refractivity contribution in [3.05, 3.63) is 35.4 Å². The number of fused-ring (bicyclic) bond motifs is 1. The van der Waals surface area contributed by atoms with Gasteiger partial charge in [-0.3, -0.25) is 19.3 Å². The minimum atomic E-state index is -0.330. The summed E-state index contributed by atoms with van der Waals surface area (Å²) < 4.78 is 20.6. The minimum absolute atomic E-state index is 0.214. The summed E-state index contributed by atoms with van der Waals surface area (Å²) in [5, 5.41) is 0. The van der Waals surface area contributed by atoms with E-state index in [9.17, 15) is 14.4 Å². The second kappa shape index (κ2) is 10.6. The molecule has 1 aromatic carbocycles. The highest BCUT2D eigenvalue weighted by Gasteiger charge is 2.34. The monoisotopic (exact) mass is 365 g/mol. The van der Waals surface area contributed by atoms with Gasteiger partial charge in [0.2, 0.25) is 0 Å². The van der Waals surface area contributed by atoms with Crippen LogP contribution in [-0.2, 0) is 23.7 Å². The standard InChI is InChI=1S/C18H23NO7/c1-14(20)26-13-12-25-11-10-24-9-8-23-7-6-19-17(21)15-4-2-3-5-16(15)18(19)22/h2-5H,6-13H2,1H3. The molecule has 0 fully saturated rings. The molecular formula is C18H23NO7. The molecule has 8 heteroatoms. The van der Waals surface area contributed by atoms with Crippen molar-refractivity contribution in [3.63, 3.8) is 0 Å². The van der Waals surface area contributed by atoms with Crippen molar-refractivity contribution in [2.24, 2.45) is 0 Å². The van der Waals surface area contributed by atoms with Gasteiger partial charge >= 0.3 is 5.97 Å². The molecule has 0 bridgehead atoms. The first kappa shape index (κ1) is 20.0. The molecule has 1 aliphatic rings. The maximum absolute atomic E-state index is 12.1. The topological polar surface area (TPSA) is 91.4 Å². The number of amides is 2. The maximum Gasteiger partial charge on any atom is 0.302 e. The Kier molecular flexibility index (Phi) is 8.20. The van der Waals surface area contributed by atoms with Crippen LogP contribution in [0.2, 0.25) is 0 Å². The van der Waals surface area contributed by atoms with Gasteiger partial charge in [0.05, 0.1) is 57.3 Å². The van der Waals surface area contributed by atoms with Crippen LogP contribution in [0.1, 0.15) is 27.6 Å². The Morgan fingerprint density at radius 2 is 1.27 bits per heavy atom. The van der Waals surface area contributed by atoms with E-state index in [1.54, 1.807) is 24.3 Å². The van der Waals surface area contributed by atoms with Crippen LogP contribution < -0.4 is 0 Å². The third-order valence-corrected chi connectivity index (χ3v) is 3.61. The van der Waals surface area contributed by atoms with Gasteiger partial charge in [-0.25, -0.2) is 0 Å². The first-order valence-electron chi connectivity index (χ1n) is 8.43. The number of ether oxygens (including phenoxy) is 4. The van der Waals surface area contributed by atoms with Gasteiger partial charge in [-0.1, -0.05) is 12.1 Å². The SMILES string of the molecule is CC(=O)OCCOCCOCCOCCN1C(=O)c2ccccc2C1=O. The van der Waals surface area contributed by atoms with Gasteiger partial charge < -0.3 is 18.9 Å². The van der Waals surface area contributed by atoms with Gasteiger partial charge in [-0.15, -0.1) is 0 Å². The Labute approximate surface area is 152 Å². The second-order valence-corrected chi connectivity index (χ2v) is 5.48. The van der Waals surface area contributed by atoms with Gasteiger partial charge in [-0.2, -0.15) is 0 Å². The second-order valence-electron chi connectivity index (χ2n) is 5.48. The zero-order chi connectivity index (χ0) is 18.8. The molecule has 0 N–H and O–H groups in total. The summed E-state index contributed by atoms with van der Waals surface area (Å²) in [4.78, 5) is 36.0. The number of nitrogens with zero attached hydrogens (tertiary/aromatic N) is 1. The number of carbonyl (C=O) groups is 3. The Morgan fingerprint density at radius 1 is 0.808 bits per heavy atom. The van der Waals surface area contributed by atoms with Crippen LogP contribution in [0, 0.1) is 0 Å². The molecule has 26 heavy (non-hydrogen) atoms. The number of rotatable bonds is 12. The summed E-state index contributed by atoms with van der Waals surface area (Å²) in [6.07, 6.45) is 0. The lowest BCUT2D eigenvalue weighted by Gasteiger charge is -2.13. The van der Waals surface area contributed by atoms with Crippen molar-refractivity contribution in [3.8, 4) is 0 Å². The summed E-state index contributed by atoms with van der Waals surface area (Å²) in [6, 6.07) is 6.78. The van der Waals surface area contributed by atoms with E-state index in [0.717, 1.165) is 0 Å². The average molecular weight is 365 g/mol. The van der Waals surface area contributed by atoms with E-state index >= 15 is 0 Å². The molecule has 0 spiro atoms. The van der Waals surface area contributed by atoms with Crippen molar-refractivity contribution in [1.82, 2.24) is 4.90 Å². The Bertz CT molecular complexity index is 597. The number of imide groups is 1. The van der Waals surface area contributed by atoms with Crippen LogP contribution in [0.3, 0.4) is 0 Å². The number of esters is 1. The molecule has 1 aromatic rings. The lowest BCUT2D eigenvalue weighted by Crippen LogP contribution is -2.33. The predicted octanol–water partition coefficient (Wildman–Crippen LogP) is 0.895. The van der Waals surface area contributed by atoms with E-state index in [2.05, 4.69) is 0 Å². The zero-order valence-electron chi connectivity index (χ0n) is 14.8. The van der Waals surface area contributed by atoms with Crippen LogP contribution in [0.25, 0.3) is 0 Å². The van der Waals surface area contributed by atoms with Crippen LogP contribution in [0.4, 0.5) is 0 Å². The summed E-state index contributed by atoms with van der Waals surface area (Å²) in [7, 11) is 0. The third-order valence-electron chi connectivity index (χ3n) is 3.61. The molecular weight excluding hydrogens is 342 g/mol. The summed E-state index contributed by atoms with van der Waals surface area (Å²) in [5.74, 6) is -0.893. The molecule has 1 aliphatic heterocycles. The summed E-state index contributed by atoms with van der Waals surface area (Å²) in [6.45, 7) is 3.93. The quantitative estimate of drug-likeness (QED) is 0.309. The van der Waals surface area contributed by atoms with Gasteiger partial charge in [-0.05, 0) is 12.1 Å². The Hall–Kier alpha value is -2.29. The highest BCUT2D eigenvalue weighted by Crippen LogP contribution is 2.21. The summed E-state index contributed by atoms with van der Waals surface area (Å²) >= 11 is 0. The molecule has 8 nitrogen and oxygen atoms in total. The van der Waals surface area contributed by atoms with E-state index in [0.29, 0.717) is 44.2 Å². The zero-order valence-corrected chi connectivity index (χ0v) is 14.8. The normalized spacial score (nSPS) is 13.2. The van der Waals surface area contributed by atoms with Crippen molar-refractivity contribution >= 4 is 17.8 Å². The fourth-order valence-corrected chi connectivity index (χ4v) is 2.38. The molecule has 1 heterocycles. The molecule has 2 amide bonds. The Balaban J connectivity index is 1.47. The largest absolute Gasteiger partial charge is 0.463 e. The predicted molar refractivity (Wildman–Crippen MR) is 90.9 cm³/mol. The molecule has 0 radical (unpaired) electrons. The van der Waals surface area contributed by atoms with Crippen molar-refractivity contribution in [1.29, 1.82) is 0 Å². The van der Waals surface area contributed by atoms with E-state index in [1.807, 2.05) is 0 Å². The lowest BCUT2D eigenvalue weighted by molar-refractivity contribution is -0.142. The first-order chi connectivity index (χ1) is 12.6. The first-order valence-corrected chi connectivity index (χ1v) is 8.43. The summed E-state index contributed by atoms with van der Waals surface area (Å²) in [5.41, 5.74) is 0.879. The van der Waals surface area contributed by atoms with E-state index in [4.69, 9.17) is 18.9 Å². The van der Waals surface area contributed by atoms with E-state index in [1.165, 1.54) is 11.8 Å². The van der Waals surface area contributed by atoms with Gasteiger partial charge in [0, 0.05) is 6.92 Å². The van der Waals surface area contributed by atoms with Crippen LogP contribution in [-0.4, -0.2) is 75.5 Å². The van der Waals surface area contributed by atoms with E-state index < -0.39 is 0 Å². The highest BCUT2D eigenvalue weighted by molar-refractivity contribution is 6.21.